The van der Waals surface area contributed by atoms with Gasteiger partial charge in [-0.25, -0.2) is 9.97 Å². The first kappa shape index (κ1) is 24.8. The van der Waals surface area contributed by atoms with Crippen molar-refractivity contribution in [3.05, 3.63) is 133 Å². The number of anilines is 5. The lowest BCUT2D eigenvalue weighted by atomic mass is 9.71. The van der Waals surface area contributed by atoms with Gasteiger partial charge in [0.15, 0.2) is 17.2 Å². The van der Waals surface area contributed by atoms with E-state index in [4.69, 9.17) is 21.0 Å². The fraction of sp³-hybridized carbons (Fsp3) is 0.158. The van der Waals surface area contributed by atoms with Crippen LogP contribution >= 0.6 is 0 Å². The molecule has 4 unspecified atom stereocenters. The molecule has 0 fully saturated rings. The molecular weight excluding hydrogens is 556 g/mol. The zero-order chi connectivity index (χ0) is 29.8. The summed E-state index contributed by atoms with van der Waals surface area (Å²) in [5.74, 6) is 2.05. The highest BCUT2D eigenvalue weighted by molar-refractivity contribution is 6.11. The van der Waals surface area contributed by atoms with Crippen molar-refractivity contribution >= 4 is 56.2 Å². The van der Waals surface area contributed by atoms with Crippen LogP contribution in [0.3, 0.4) is 0 Å². The summed E-state index contributed by atoms with van der Waals surface area (Å²) in [5, 5.41) is 2.25. The Balaban J connectivity index is 1.26. The number of benzene rings is 4. The van der Waals surface area contributed by atoms with Gasteiger partial charge >= 0.3 is 0 Å². The molecule has 0 aliphatic carbocycles. The molecule has 4 atom stereocenters. The zero-order valence-electron chi connectivity index (χ0n) is 24.8. The molecule has 0 amide bonds. The monoisotopic (exact) mass is 586 g/mol. The maximum absolute atomic E-state index is 6.68. The average molecular weight is 587 g/mol. The minimum Gasteiger partial charge on any atom is -0.454 e. The molecule has 218 valence electrons. The highest BCUT2D eigenvalue weighted by atomic mass is 16.3. The van der Waals surface area contributed by atoms with Crippen LogP contribution in [0.2, 0.25) is 0 Å². The van der Waals surface area contributed by atoms with E-state index in [-0.39, 0.29) is 24.2 Å². The largest absolute Gasteiger partial charge is 0.454 e. The van der Waals surface area contributed by atoms with E-state index in [1.54, 1.807) is 6.20 Å². The number of allylic oxidation sites excluding steroid dienone is 1. The molecule has 7 nitrogen and oxygen atoms in total. The number of hydrogen-bond donors (Lipinski definition) is 0. The number of para-hydroxylation sites is 3. The van der Waals surface area contributed by atoms with E-state index >= 15 is 0 Å². The molecule has 10 rings (SSSR count). The lowest BCUT2D eigenvalue weighted by molar-refractivity contribution is 0.188. The number of rotatable bonds is 1. The highest BCUT2D eigenvalue weighted by Crippen LogP contribution is 2.59. The van der Waals surface area contributed by atoms with Gasteiger partial charge in [-0.1, -0.05) is 67.2 Å². The number of hydrogen-bond acceptors (Lipinski definition) is 7. The van der Waals surface area contributed by atoms with E-state index in [0.29, 0.717) is 0 Å². The first-order valence-corrected chi connectivity index (χ1v) is 15.5. The molecule has 45 heavy (non-hydrogen) atoms. The van der Waals surface area contributed by atoms with Crippen LogP contribution in [-0.4, -0.2) is 34.2 Å². The third kappa shape index (κ3) is 3.24. The van der Waals surface area contributed by atoms with E-state index in [9.17, 15) is 0 Å². The van der Waals surface area contributed by atoms with Crippen molar-refractivity contribution in [3.63, 3.8) is 0 Å². The van der Waals surface area contributed by atoms with Crippen LogP contribution in [-0.2, 0) is 0 Å². The van der Waals surface area contributed by atoms with Crippen LogP contribution in [0.15, 0.2) is 127 Å². The molecule has 6 heterocycles. The second-order valence-corrected chi connectivity index (χ2v) is 12.5. The summed E-state index contributed by atoms with van der Waals surface area (Å²) < 4.78 is 6.68. The summed E-state index contributed by atoms with van der Waals surface area (Å²) in [6.07, 6.45) is 8.78. The average Bonchev–Trinajstić information content (AvgIpc) is 3.75. The van der Waals surface area contributed by atoms with Gasteiger partial charge in [0, 0.05) is 71.4 Å². The molecule has 0 spiro atoms. The summed E-state index contributed by atoms with van der Waals surface area (Å²) in [7, 11) is 2.20. The Bertz CT molecular complexity index is 2210. The third-order valence-electron chi connectivity index (χ3n) is 10.2. The maximum atomic E-state index is 6.68. The fourth-order valence-corrected chi connectivity index (χ4v) is 8.44. The van der Waals surface area contributed by atoms with E-state index < -0.39 is 0 Å². The van der Waals surface area contributed by atoms with Crippen molar-refractivity contribution in [2.75, 3.05) is 21.7 Å². The van der Waals surface area contributed by atoms with Gasteiger partial charge in [0.1, 0.15) is 17.9 Å². The minimum atomic E-state index is -0.0798. The van der Waals surface area contributed by atoms with Crippen molar-refractivity contribution < 1.29 is 4.42 Å². The van der Waals surface area contributed by atoms with Crippen LogP contribution in [0.5, 0.6) is 0 Å². The SMILES string of the molecule is C=C1CC2c3ccccc3N3c4nccnc4N(c4ccccc4)C3C2C2N(C)C=CN2c2c1ccc1c2oc2ccccc21. The van der Waals surface area contributed by atoms with E-state index in [0.717, 1.165) is 62.5 Å². The number of aromatic nitrogens is 2. The Kier molecular flexibility index (Phi) is 4.96. The van der Waals surface area contributed by atoms with Crippen molar-refractivity contribution in [2.45, 2.75) is 24.7 Å². The van der Waals surface area contributed by atoms with Gasteiger partial charge in [-0.3, -0.25) is 0 Å². The predicted molar refractivity (Wildman–Crippen MR) is 180 cm³/mol. The zero-order valence-corrected chi connectivity index (χ0v) is 24.8. The predicted octanol–water partition coefficient (Wildman–Crippen LogP) is 8.37. The Morgan fingerprint density at radius 1 is 0.756 bits per heavy atom. The summed E-state index contributed by atoms with van der Waals surface area (Å²) in [5.41, 5.74) is 8.76. The van der Waals surface area contributed by atoms with Gasteiger partial charge < -0.3 is 24.0 Å². The number of fused-ring (bicyclic) bond motifs is 16. The summed E-state index contributed by atoms with van der Waals surface area (Å²) in [6, 6.07) is 32.3. The molecule has 4 aliphatic rings. The highest BCUT2D eigenvalue weighted by Gasteiger charge is 2.56. The lowest BCUT2D eigenvalue weighted by Crippen LogP contribution is -2.59. The smallest absolute Gasteiger partial charge is 0.178 e. The normalized spacial score (nSPS) is 22.9. The van der Waals surface area contributed by atoms with Crippen LogP contribution in [0, 0.1) is 5.92 Å². The van der Waals surface area contributed by atoms with Gasteiger partial charge in [0.05, 0.1) is 5.69 Å². The van der Waals surface area contributed by atoms with E-state index in [1.165, 1.54) is 11.3 Å². The third-order valence-corrected chi connectivity index (χ3v) is 10.2. The van der Waals surface area contributed by atoms with Crippen LogP contribution in [0.25, 0.3) is 27.5 Å². The standard InChI is InChI=1S/C38H30N6O/c1-23-22-29-26-12-6-8-14-30(26)44-36-35(39-18-19-40-36)43(24-10-4-3-5-11-24)38(44)32(29)37-41(2)20-21-42(37)33-25(23)16-17-28-27-13-7-9-15-31(27)45-34(28)33/h3-21,29,32,37-38H,1,22H2,2H3. The number of nitrogens with zero attached hydrogens (tertiary/aromatic N) is 6. The van der Waals surface area contributed by atoms with Gasteiger partial charge in [-0.2, -0.15) is 0 Å². The topological polar surface area (TPSA) is 51.9 Å². The van der Waals surface area contributed by atoms with Crippen LogP contribution in [0.1, 0.15) is 23.5 Å². The second-order valence-electron chi connectivity index (χ2n) is 12.5. The van der Waals surface area contributed by atoms with E-state index in [1.807, 2.05) is 12.3 Å². The Morgan fingerprint density at radius 3 is 2.38 bits per heavy atom. The number of furan rings is 1. The Hall–Kier alpha value is -5.56. The summed E-state index contributed by atoms with van der Waals surface area (Å²) in [6.45, 7) is 4.76. The first-order chi connectivity index (χ1) is 22.2. The summed E-state index contributed by atoms with van der Waals surface area (Å²) in [4.78, 5) is 19.6. The second kappa shape index (κ2) is 8.99. The quantitative estimate of drug-likeness (QED) is 0.192. The van der Waals surface area contributed by atoms with E-state index in [2.05, 4.69) is 124 Å². The first-order valence-electron chi connectivity index (χ1n) is 15.5. The molecule has 2 aromatic heterocycles. The molecule has 0 radical (unpaired) electrons. The van der Waals surface area contributed by atoms with Gasteiger partial charge in [-0.05, 0) is 47.9 Å². The molecule has 4 aliphatic heterocycles. The molecule has 4 aromatic carbocycles. The molecular formula is C38H30N6O. The molecule has 0 N–H and O–H groups in total. The molecule has 6 aromatic rings. The van der Waals surface area contributed by atoms with Crippen molar-refractivity contribution in [1.29, 1.82) is 0 Å². The van der Waals surface area contributed by atoms with Gasteiger partial charge in [0.2, 0.25) is 0 Å². The van der Waals surface area contributed by atoms with Crippen LogP contribution in [0.4, 0.5) is 28.7 Å². The Morgan fingerprint density at radius 2 is 1.51 bits per heavy atom. The summed E-state index contributed by atoms with van der Waals surface area (Å²) >= 11 is 0. The fourth-order valence-electron chi connectivity index (χ4n) is 8.44. The molecule has 0 bridgehead atoms. The van der Waals surface area contributed by atoms with Gasteiger partial charge in [0.25, 0.3) is 0 Å². The van der Waals surface area contributed by atoms with Gasteiger partial charge in [-0.15, -0.1) is 0 Å². The molecule has 7 heteroatoms. The maximum Gasteiger partial charge on any atom is 0.178 e. The van der Waals surface area contributed by atoms with Crippen molar-refractivity contribution in [3.8, 4) is 0 Å². The van der Waals surface area contributed by atoms with Crippen LogP contribution < -0.4 is 14.7 Å². The van der Waals surface area contributed by atoms with Crippen molar-refractivity contribution in [1.82, 2.24) is 14.9 Å². The van der Waals surface area contributed by atoms with Crippen molar-refractivity contribution in [2.24, 2.45) is 5.92 Å². The lowest BCUT2D eigenvalue weighted by Gasteiger charge is -2.52. The Labute approximate surface area is 260 Å². The molecule has 0 saturated heterocycles. The minimum absolute atomic E-state index is 0.0120. The molecule has 0 saturated carbocycles.